The summed E-state index contributed by atoms with van der Waals surface area (Å²) in [5, 5.41) is 4.72. The van der Waals surface area contributed by atoms with E-state index in [0.717, 1.165) is 6.07 Å². The molecule has 166 valence electrons. The Hall–Kier alpha value is -3.43. The van der Waals surface area contributed by atoms with Crippen LogP contribution >= 0.6 is 0 Å². The molecule has 0 aromatic heterocycles. The smallest absolute Gasteiger partial charge is 0.368 e. The van der Waals surface area contributed by atoms with E-state index in [4.69, 9.17) is 5.73 Å². The molecule has 0 bridgehead atoms. The van der Waals surface area contributed by atoms with Gasteiger partial charge in [0.25, 0.3) is 0 Å². The van der Waals surface area contributed by atoms with E-state index in [1.165, 1.54) is 49.4 Å². The van der Waals surface area contributed by atoms with Crippen LogP contribution in [0.4, 0.5) is 17.6 Å². The number of benzene rings is 2. The SMILES string of the molecule is CC(=O)N[C@H](Cc1ccc(F)cc1)C(=O)N[C@@H](Cc1ccccc1C(F)(F)F)C(N)=O. The minimum Gasteiger partial charge on any atom is -0.368 e. The third kappa shape index (κ3) is 7.09. The Labute approximate surface area is 175 Å². The zero-order valence-corrected chi connectivity index (χ0v) is 16.5. The first-order valence-electron chi connectivity index (χ1n) is 9.23. The van der Waals surface area contributed by atoms with Crippen LogP contribution in [0, 0.1) is 5.82 Å². The van der Waals surface area contributed by atoms with Gasteiger partial charge in [0.1, 0.15) is 17.9 Å². The Kier molecular flexibility index (Phi) is 7.73. The number of carbonyl (C=O) groups is 3. The zero-order chi connectivity index (χ0) is 23.2. The average Bonchev–Trinajstić information content (AvgIpc) is 2.67. The molecule has 0 aliphatic heterocycles. The van der Waals surface area contributed by atoms with Crippen molar-refractivity contribution in [1.29, 1.82) is 0 Å². The van der Waals surface area contributed by atoms with Gasteiger partial charge in [-0.3, -0.25) is 14.4 Å². The second kappa shape index (κ2) is 10.1. The molecule has 0 aliphatic carbocycles. The van der Waals surface area contributed by atoms with Gasteiger partial charge >= 0.3 is 6.18 Å². The summed E-state index contributed by atoms with van der Waals surface area (Å²) in [5.41, 5.74) is 4.66. The number of primary amides is 1. The zero-order valence-electron chi connectivity index (χ0n) is 16.5. The van der Waals surface area contributed by atoms with E-state index < -0.39 is 53.8 Å². The molecule has 4 N–H and O–H groups in total. The summed E-state index contributed by atoms with van der Waals surface area (Å²) >= 11 is 0. The van der Waals surface area contributed by atoms with Crippen molar-refractivity contribution < 1.29 is 31.9 Å². The lowest BCUT2D eigenvalue weighted by Gasteiger charge is -2.23. The van der Waals surface area contributed by atoms with Crippen LogP contribution in [-0.4, -0.2) is 29.8 Å². The Morgan fingerprint density at radius 3 is 2.10 bits per heavy atom. The molecular weight excluding hydrogens is 418 g/mol. The molecule has 6 nitrogen and oxygen atoms in total. The second-order valence-electron chi connectivity index (χ2n) is 6.91. The monoisotopic (exact) mass is 439 g/mol. The Morgan fingerprint density at radius 2 is 1.55 bits per heavy atom. The fourth-order valence-electron chi connectivity index (χ4n) is 3.00. The minimum atomic E-state index is -4.65. The quantitative estimate of drug-likeness (QED) is 0.549. The second-order valence-corrected chi connectivity index (χ2v) is 6.91. The van der Waals surface area contributed by atoms with Crippen molar-refractivity contribution in [2.24, 2.45) is 5.73 Å². The Morgan fingerprint density at radius 1 is 0.935 bits per heavy atom. The molecule has 0 spiro atoms. The lowest BCUT2D eigenvalue weighted by molar-refractivity contribution is -0.138. The van der Waals surface area contributed by atoms with Crippen molar-refractivity contribution in [3.8, 4) is 0 Å². The largest absolute Gasteiger partial charge is 0.416 e. The van der Waals surface area contributed by atoms with Crippen molar-refractivity contribution in [1.82, 2.24) is 10.6 Å². The number of alkyl halides is 3. The third-order valence-electron chi connectivity index (χ3n) is 4.45. The summed E-state index contributed by atoms with van der Waals surface area (Å²) in [6.07, 6.45) is -5.17. The van der Waals surface area contributed by atoms with Crippen LogP contribution in [0.1, 0.15) is 23.6 Å². The normalized spacial score (nSPS) is 13.2. The predicted octanol–water partition coefficient (Wildman–Crippen LogP) is 2.10. The molecular formula is C21H21F4N3O3. The molecule has 0 radical (unpaired) electrons. The highest BCUT2D eigenvalue weighted by Gasteiger charge is 2.34. The van der Waals surface area contributed by atoms with Crippen molar-refractivity contribution in [2.45, 2.75) is 38.0 Å². The van der Waals surface area contributed by atoms with Gasteiger partial charge in [-0.1, -0.05) is 30.3 Å². The van der Waals surface area contributed by atoms with Crippen LogP contribution < -0.4 is 16.4 Å². The number of carbonyl (C=O) groups excluding carboxylic acids is 3. The van der Waals surface area contributed by atoms with Gasteiger partial charge in [-0.2, -0.15) is 13.2 Å². The molecule has 3 amide bonds. The van der Waals surface area contributed by atoms with Gasteiger partial charge in [0.15, 0.2) is 0 Å². The first-order valence-corrected chi connectivity index (χ1v) is 9.23. The minimum absolute atomic E-state index is 0.0314. The molecule has 2 aromatic carbocycles. The first kappa shape index (κ1) is 23.8. The maximum Gasteiger partial charge on any atom is 0.416 e. The summed E-state index contributed by atoms with van der Waals surface area (Å²) in [5.74, 6) is -2.87. The number of hydrogen-bond donors (Lipinski definition) is 3. The van der Waals surface area contributed by atoms with Gasteiger partial charge < -0.3 is 16.4 Å². The summed E-state index contributed by atoms with van der Waals surface area (Å²) < 4.78 is 52.8. The molecule has 0 saturated carbocycles. The summed E-state index contributed by atoms with van der Waals surface area (Å²) in [7, 11) is 0. The van der Waals surface area contributed by atoms with Gasteiger partial charge in [-0.05, 0) is 29.3 Å². The number of rotatable bonds is 8. The standard InChI is InChI=1S/C21H21F4N3O3/c1-12(29)27-18(10-13-6-8-15(22)9-7-13)20(31)28-17(19(26)30)11-14-4-2-3-5-16(14)21(23,24)25/h2-9,17-18H,10-11H2,1H3,(H2,26,30)(H,27,29)(H,28,31)/t17-,18+/m0/s1. The summed E-state index contributed by atoms with van der Waals surface area (Å²) in [4.78, 5) is 36.0. The topological polar surface area (TPSA) is 101 Å². The molecule has 0 heterocycles. The van der Waals surface area contributed by atoms with E-state index in [1.54, 1.807) is 0 Å². The predicted molar refractivity (Wildman–Crippen MR) is 104 cm³/mol. The van der Waals surface area contributed by atoms with Crippen LogP contribution in [0.5, 0.6) is 0 Å². The van der Waals surface area contributed by atoms with Gasteiger partial charge in [0.2, 0.25) is 17.7 Å². The van der Waals surface area contributed by atoms with E-state index in [2.05, 4.69) is 10.6 Å². The molecule has 0 fully saturated rings. The number of amides is 3. The third-order valence-corrected chi connectivity index (χ3v) is 4.45. The molecule has 0 saturated heterocycles. The van der Waals surface area contributed by atoms with E-state index in [0.29, 0.717) is 5.56 Å². The number of nitrogens with two attached hydrogens (primary N) is 1. The van der Waals surface area contributed by atoms with Crippen LogP contribution in [-0.2, 0) is 33.4 Å². The van der Waals surface area contributed by atoms with Crippen molar-refractivity contribution in [2.75, 3.05) is 0 Å². The van der Waals surface area contributed by atoms with Gasteiger partial charge in [-0.15, -0.1) is 0 Å². The van der Waals surface area contributed by atoms with Crippen molar-refractivity contribution in [3.63, 3.8) is 0 Å². The molecule has 10 heteroatoms. The Bertz CT molecular complexity index is 946. The van der Waals surface area contributed by atoms with Crippen molar-refractivity contribution in [3.05, 3.63) is 71.0 Å². The van der Waals surface area contributed by atoms with Crippen LogP contribution in [0.15, 0.2) is 48.5 Å². The highest BCUT2D eigenvalue weighted by Crippen LogP contribution is 2.32. The lowest BCUT2D eigenvalue weighted by atomic mass is 9.98. The van der Waals surface area contributed by atoms with Crippen LogP contribution in [0.2, 0.25) is 0 Å². The molecule has 0 unspecified atom stereocenters. The van der Waals surface area contributed by atoms with Gasteiger partial charge in [-0.25, -0.2) is 4.39 Å². The summed E-state index contributed by atoms with van der Waals surface area (Å²) in [6.45, 7) is 1.18. The van der Waals surface area contributed by atoms with Gasteiger partial charge in [0.05, 0.1) is 5.56 Å². The van der Waals surface area contributed by atoms with Crippen molar-refractivity contribution >= 4 is 17.7 Å². The highest BCUT2D eigenvalue weighted by atomic mass is 19.4. The fraction of sp³-hybridized carbons (Fsp3) is 0.286. The number of halogens is 4. The number of hydrogen-bond acceptors (Lipinski definition) is 3. The van der Waals surface area contributed by atoms with Crippen LogP contribution in [0.3, 0.4) is 0 Å². The summed E-state index contributed by atoms with van der Waals surface area (Å²) in [6, 6.07) is 7.24. The molecule has 0 aliphatic rings. The molecule has 31 heavy (non-hydrogen) atoms. The molecule has 2 aromatic rings. The van der Waals surface area contributed by atoms with Crippen LogP contribution in [0.25, 0.3) is 0 Å². The number of nitrogens with one attached hydrogen (secondary N) is 2. The fourth-order valence-corrected chi connectivity index (χ4v) is 3.00. The van der Waals surface area contributed by atoms with E-state index in [9.17, 15) is 31.9 Å². The molecule has 2 atom stereocenters. The maximum absolute atomic E-state index is 13.2. The van der Waals surface area contributed by atoms with E-state index >= 15 is 0 Å². The highest BCUT2D eigenvalue weighted by molar-refractivity contribution is 5.91. The van der Waals surface area contributed by atoms with Gasteiger partial charge in [0, 0.05) is 19.8 Å². The average molecular weight is 439 g/mol. The maximum atomic E-state index is 13.2. The van der Waals surface area contributed by atoms with E-state index in [-0.39, 0.29) is 12.0 Å². The Balaban J connectivity index is 2.21. The lowest BCUT2D eigenvalue weighted by Crippen LogP contribution is -2.54. The molecule has 2 rings (SSSR count). The van der Waals surface area contributed by atoms with E-state index in [1.807, 2.05) is 0 Å². The first-order chi connectivity index (χ1) is 14.5.